The van der Waals surface area contributed by atoms with Gasteiger partial charge in [-0.25, -0.2) is 12.7 Å². The number of nitrogen functional groups attached to an aromatic ring is 1. The third-order valence-electron chi connectivity index (χ3n) is 4.60. The van der Waals surface area contributed by atoms with Crippen LogP contribution in [0.4, 0.5) is 5.69 Å². The van der Waals surface area contributed by atoms with Gasteiger partial charge in [0, 0.05) is 18.8 Å². The normalized spacial score (nSPS) is 19.3. The molecule has 1 aromatic carbocycles. The van der Waals surface area contributed by atoms with Crippen LogP contribution in [0.5, 0.6) is 0 Å². The predicted octanol–water partition coefficient (Wildman–Crippen LogP) is 2.61. The highest BCUT2D eigenvalue weighted by Gasteiger charge is 2.39. The highest BCUT2D eigenvalue weighted by atomic mass is 32.2. The van der Waals surface area contributed by atoms with Crippen molar-refractivity contribution in [2.75, 3.05) is 18.8 Å². The van der Waals surface area contributed by atoms with Gasteiger partial charge in [0.1, 0.15) is 0 Å². The molecular formula is C15H24N2O2S. The number of rotatable bonds is 5. The molecule has 1 saturated heterocycles. The Balaban J connectivity index is 2.12. The summed E-state index contributed by atoms with van der Waals surface area (Å²) in [5, 5.41) is 0. The third kappa shape index (κ3) is 3.15. The fourth-order valence-electron chi connectivity index (χ4n) is 2.94. The number of hydrogen-bond donors (Lipinski definition) is 1. The SMILES string of the molecule is CCC1(CC)CCN(S(=O)(=O)Cc2cccc(N)c2)C1. The molecule has 1 aliphatic rings. The Labute approximate surface area is 122 Å². The summed E-state index contributed by atoms with van der Waals surface area (Å²) in [6, 6.07) is 7.12. The molecule has 1 aliphatic heterocycles. The monoisotopic (exact) mass is 296 g/mol. The molecule has 0 atom stereocenters. The minimum atomic E-state index is -3.24. The third-order valence-corrected chi connectivity index (χ3v) is 6.39. The molecule has 0 aromatic heterocycles. The van der Waals surface area contributed by atoms with E-state index in [9.17, 15) is 8.42 Å². The first-order valence-corrected chi connectivity index (χ1v) is 8.84. The average Bonchev–Trinajstić information content (AvgIpc) is 2.84. The van der Waals surface area contributed by atoms with Crippen LogP contribution in [-0.2, 0) is 15.8 Å². The summed E-state index contributed by atoms with van der Waals surface area (Å²) >= 11 is 0. The zero-order chi connectivity index (χ0) is 14.8. The van der Waals surface area contributed by atoms with E-state index in [4.69, 9.17) is 5.73 Å². The van der Waals surface area contributed by atoms with Crippen LogP contribution in [-0.4, -0.2) is 25.8 Å². The van der Waals surface area contributed by atoms with E-state index in [-0.39, 0.29) is 11.2 Å². The summed E-state index contributed by atoms with van der Waals surface area (Å²) in [5.74, 6) is 0.0432. The lowest BCUT2D eigenvalue weighted by Crippen LogP contribution is -2.32. The van der Waals surface area contributed by atoms with E-state index >= 15 is 0 Å². The molecule has 4 nitrogen and oxygen atoms in total. The van der Waals surface area contributed by atoms with Gasteiger partial charge in [-0.2, -0.15) is 0 Å². The Kier molecular flexibility index (Phi) is 4.39. The van der Waals surface area contributed by atoms with E-state index in [0.717, 1.165) is 24.8 Å². The van der Waals surface area contributed by atoms with Gasteiger partial charge in [-0.1, -0.05) is 26.0 Å². The number of sulfonamides is 1. The zero-order valence-electron chi connectivity index (χ0n) is 12.3. The Morgan fingerprint density at radius 2 is 2.00 bits per heavy atom. The van der Waals surface area contributed by atoms with Crippen molar-refractivity contribution in [3.63, 3.8) is 0 Å². The highest BCUT2D eigenvalue weighted by molar-refractivity contribution is 7.88. The number of benzene rings is 1. The second kappa shape index (κ2) is 5.74. The number of nitrogens with two attached hydrogens (primary N) is 1. The van der Waals surface area contributed by atoms with Gasteiger partial charge in [-0.05, 0) is 42.4 Å². The van der Waals surface area contributed by atoms with E-state index < -0.39 is 10.0 Å². The molecule has 1 heterocycles. The van der Waals surface area contributed by atoms with Crippen molar-refractivity contribution in [2.45, 2.75) is 38.9 Å². The second-order valence-corrected chi connectivity index (χ2v) is 7.76. The van der Waals surface area contributed by atoms with Gasteiger partial charge < -0.3 is 5.73 Å². The van der Waals surface area contributed by atoms with Gasteiger partial charge in [0.2, 0.25) is 10.0 Å². The van der Waals surface area contributed by atoms with Crippen LogP contribution >= 0.6 is 0 Å². The molecule has 20 heavy (non-hydrogen) atoms. The number of nitrogens with zero attached hydrogens (tertiary/aromatic N) is 1. The molecule has 0 unspecified atom stereocenters. The van der Waals surface area contributed by atoms with Gasteiger partial charge in [-0.15, -0.1) is 0 Å². The van der Waals surface area contributed by atoms with Crippen LogP contribution in [0.1, 0.15) is 38.7 Å². The molecule has 0 amide bonds. The Hall–Kier alpha value is -1.07. The summed E-state index contributed by atoms with van der Waals surface area (Å²) in [7, 11) is -3.24. The number of hydrogen-bond acceptors (Lipinski definition) is 3. The first-order valence-electron chi connectivity index (χ1n) is 7.23. The van der Waals surface area contributed by atoms with Crippen molar-refractivity contribution >= 4 is 15.7 Å². The maximum atomic E-state index is 12.5. The van der Waals surface area contributed by atoms with Crippen LogP contribution in [0.3, 0.4) is 0 Å². The quantitative estimate of drug-likeness (QED) is 0.850. The van der Waals surface area contributed by atoms with Crippen molar-refractivity contribution in [1.82, 2.24) is 4.31 Å². The zero-order valence-corrected chi connectivity index (χ0v) is 13.1. The number of anilines is 1. The molecule has 1 fully saturated rings. The van der Waals surface area contributed by atoms with E-state index in [1.54, 1.807) is 22.5 Å². The molecule has 0 bridgehead atoms. The first kappa shape index (κ1) is 15.3. The maximum Gasteiger partial charge on any atom is 0.218 e. The fourth-order valence-corrected chi connectivity index (χ4v) is 4.57. The Morgan fingerprint density at radius 1 is 1.30 bits per heavy atom. The predicted molar refractivity (Wildman–Crippen MR) is 82.7 cm³/mol. The summed E-state index contributed by atoms with van der Waals surface area (Å²) in [4.78, 5) is 0. The summed E-state index contributed by atoms with van der Waals surface area (Å²) in [6.07, 6.45) is 3.04. The molecule has 0 spiro atoms. The summed E-state index contributed by atoms with van der Waals surface area (Å²) in [6.45, 7) is 5.60. The molecular weight excluding hydrogens is 272 g/mol. The molecule has 2 rings (SSSR count). The van der Waals surface area contributed by atoms with E-state index in [1.807, 2.05) is 6.07 Å². The molecule has 0 saturated carbocycles. The average molecular weight is 296 g/mol. The largest absolute Gasteiger partial charge is 0.399 e. The highest BCUT2D eigenvalue weighted by Crippen LogP contribution is 2.38. The van der Waals surface area contributed by atoms with Crippen LogP contribution in [0.15, 0.2) is 24.3 Å². The van der Waals surface area contributed by atoms with Crippen LogP contribution in [0.2, 0.25) is 0 Å². The molecule has 1 aromatic rings. The van der Waals surface area contributed by atoms with Crippen LogP contribution < -0.4 is 5.73 Å². The van der Waals surface area contributed by atoms with Crippen LogP contribution in [0.25, 0.3) is 0 Å². The van der Waals surface area contributed by atoms with E-state index in [2.05, 4.69) is 13.8 Å². The Morgan fingerprint density at radius 3 is 2.55 bits per heavy atom. The minimum absolute atomic E-state index is 0.0432. The Bertz CT molecular complexity index is 565. The standard InChI is InChI=1S/C15H24N2O2S/c1-3-15(4-2)8-9-17(12-15)20(18,19)11-13-6-5-7-14(16)10-13/h5-7,10H,3-4,8-9,11-12,16H2,1-2H3. The molecule has 0 aliphatic carbocycles. The molecule has 2 N–H and O–H groups in total. The van der Waals surface area contributed by atoms with Gasteiger partial charge in [-0.3, -0.25) is 0 Å². The van der Waals surface area contributed by atoms with Gasteiger partial charge >= 0.3 is 0 Å². The second-order valence-electron chi connectivity index (χ2n) is 5.79. The van der Waals surface area contributed by atoms with Crippen molar-refractivity contribution < 1.29 is 8.42 Å². The fraction of sp³-hybridized carbons (Fsp3) is 0.600. The van der Waals surface area contributed by atoms with Crippen molar-refractivity contribution in [3.05, 3.63) is 29.8 Å². The minimum Gasteiger partial charge on any atom is -0.399 e. The smallest absolute Gasteiger partial charge is 0.218 e. The molecule has 112 valence electrons. The van der Waals surface area contributed by atoms with E-state index in [0.29, 0.717) is 18.8 Å². The lowest BCUT2D eigenvalue weighted by atomic mass is 9.82. The molecule has 5 heteroatoms. The lowest BCUT2D eigenvalue weighted by molar-refractivity contribution is 0.279. The topological polar surface area (TPSA) is 63.4 Å². The van der Waals surface area contributed by atoms with Gasteiger partial charge in [0.15, 0.2) is 0 Å². The van der Waals surface area contributed by atoms with E-state index in [1.165, 1.54) is 0 Å². The maximum absolute atomic E-state index is 12.5. The van der Waals surface area contributed by atoms with Crippen LogP contribution in [0, 0.1) is 5.41 Å². The summed E-state index contributed by atoms with van der Waals surface area (Å²) < 4.78 is 26.7. The van der Waals surface area contributed by atoms with Crippen molar-refractivity contribution in [3.8, 4) is 0 Å². The van der Waals surface area contributed by atoms with Crippen molar-refractivity contribution in [2.24, 2.45) is 5.41 Å². The van der Waals surface area contributed by atoms with Gasteiger partial charge in [0.05, 0.1) is 5.75 Å². The first-order chi connectivity index (χ1) is 9.41. The van der Waals surface area contributed by atoms with Crippen molar-refractivity contribution in [1.29, 1.82) is 0 Å². The van der Waals surface area contributed by atoms with Gasteiger partial charge in [0.25, 0.3) is 0 Å². The summed E-state index contributed by atoms with van der Waals surface area (Å²) in [5.41, 5.74) is 7.24. The lowest BCUT2D eigenvalue weighted by Gasteiger charge is -2.26. The molecule has 0 radical (unpaired) electrons.